The molecule has 2 unspecified atom stereocenters. The summed E-state index contributed by atoms with van der Waals surface area (Å²) in [6.07, 6.45) is 55.5. The third-order valence-electron chi connectivity index (χ3n) is 17.7. The van der Waals surface area contributed by atoms with Gasteiger partial charge in [0.15, 0.2) is 12.2 Å². The van der Waals surface area contributed by atoms with Crippen molar-refractivity contribution in [3.8, 4) is 0 Å². The number of aliphatic hydroxyl groups excluding tert-OH is 1. The molecule has 0 radical (unpaired) electrons. The van der Waals surface area contributed by atoms with Crippen LogP contribution < -0.4 is 0 Å². The second-order valence-corrected chi connectivity index (χ2v) is 31.3. The summed E-state index contributed by atoms with van der Waals surface area (Å²) in [5, 5.41) is 10.6. The second kappa shape index (κ2) is 67.9. The van der Waals surface area contributed by atoms with Gasteiger partial charge in [0.2, 0.25) is 0 Å². The Kier molecular flexibility index (Phi) is 66.5. The van der Waals surface area contributed by atoms with Crippen LogP contribution in [-0.4, -0.2) is 96.7 Å². The maximum absolute atomic E-state index is 13.1. The maximum atomic E-state index is 13.1. The van der Waals surface area contributed by atoms with E-state index >= 15 is 0 Å². The number of rotatable bonds is 75. The van der Waals surface area contributed by atoms with Gasteiger partial charge in [0.1, 0.15) is 19.3 Å². The van der Waals surface area contributed by atoms with Crippen LogP contribution in [0.15, 0.2) is 0 Å². The first-order valence-corrected chi connectivity index (χ1v) is 42.5. The fraction of sp³-hybridized carbons (Fsp3) is 0.947. The molecule has 19 heteroatoms. The van der Waals surface area contributed by atoms with E-state index in [-0.39, 0.29) is 25.7 Å². The summed E-state index contributed by atoms with van der Waals surface area (Å²) in [7, 11) is -9.91. The molecule has 0 aromatic rings. The number of ether oxygens (including phenoxy) is 4. The van der Waals surface area contributed by atoms with Crippen molar-refractivity contribution in [1.82, 2.24) is 0 Å². The van der Waals surface area contributed by atoms with Crippen LogP contribution in [0.25, 0.3) is 0 Å². The molecule has 0 aromatic heterocycles. The van der Waals surface area contributed by atoms with Crippen LogP contribution in [0.2, 0.25) is 0 Å². The fourth-order valence-corrected chi connectivity index (χ4v) is 13.2. The lowest BCUT2D eigenvalue weighted by Crippen LogP contribution is -2.30. The molecule has 0 saturated heterocycles. The molecular formula is C76H148O17P2. The monoisotopic (exact) mass is 1400 g/mol. The lowest BCUT2D eigenvalue weighted by molar-refractivity contribution is -0.161. The minimum atomic E-state index is -4.96. The summed E-state index contributed by atoms with van der Waals surface area (Å²) in [5.74, 6) is -0.536. The van der Waals surface area contributed by atoms with Gasteiger partial charge in [-0.2, -0.15) is 0 Å². The van der Waals surface area contributed by atoms with Crippen molar-refractivity contribution < 1.29 is 80.2 Å². The first-order chi connectivity index (χ1) is 45.9. The summed E-state index contributed by atoms with van der Waals surface area (Å²) >= 11 is 0. The van der Waals surface area contributed by atoms with E-state index < -0.39 is 97.5 Å². The van der Waals surface area contributed by atoms with Crippen LogP contribution in [0.4, 0.5) is 0 Å². The maximum Gasteiger partial charge on any atom is 0.472 e. The number of hydrogen-bond donors (Lipinski definition) is 3. The summed E-state index contributed by atoms with van der Waals surface area (Å²) < 4.78 is 68.5. The normalized spacial score (nSPS) is 14.0. The predicted octanol–water partition coefficient (Wildman–Crippen LogP) is 22.3. The van der Waals surface area contributed by atoms with Gasteiger partial charge in [-0.25, -0.2) is 9.13 Å². The van der Waals surface area contributed by atoms with E-state index in [1.165, 1.54) is 205 Å². The van der Waals surface area contributed by atoms with Crippen LogP contribution in [0, 0.1) is 11.8 Å². The zero-order valence-corrected chi connectivity index (χ0v) is 63.8. The highest BCUT2D eigenvalue weighted by atomic mass is 31.2. The number of carbonyl (C=O) groups excluding carboxylic acids is 4. The van der Waals surface area contributed by atoms with E-state index in [0.717, 1.165) is 108 Å². The number of esters is 4. The lowest BCUT2D eigenvalue weighted by Gasteiger charge is -2.21. The van der Waals surface area contributed by atoms with Crippen molar-refractivity contribution in [3.05, 3.63) is 0 Å². The molecule has 3 N–H and O–H groups in total. The largest absolute Gasteiger partial charge is 0.472 e. The van der Waals surface area contributed by atoms with Gasteiger partial charge in [-0.05, 0) is 37.5 Å². The van der Waals surface area contributed by atoms with E-state index in [0.29, 0.717) is 25.7 Å². The molecule has 0 heterocycles. The molecule has 0 rings (SSSR count). The Bertz CT molecular complexity index is 1840. The molecule has 17 nitrogen and oxygen atoms in total. The standard InChI is InChI=1S/C76H148O17P2/c1-7-9-11-13-15-17-18-19-25-30-36-42-48-54-60-75(80)92-71(64-86-73(78)58-52-46-40-16-14-12-10-8-2)66-90-94(82,83)88-62-70(77)63-89-95(84,85)91-67-72(65-87-74(79)59-53-47-41-35-32-27-29-34-39-45-51-57-69(5)6)93-76(81)61-55-49-43-37-31-26-23-21-20-22-24-28-33-38-44-50-56-68(3)4/h68-72,77H,7-67H2,1-6H3,(H,82,83)(H,84,85)/t70-,71+,72+/m0/s1. The van der Waals surface area contributed by atoms with Gasteiger partial charge in [0, 0.05) is 25.7 Å². The van der Waals surface area contributed by atoms with E-state index in [9.17, 15) is 43.2 Å². The molecule has 0 aromatic carbocycles. The first-order valence-electron chi connectivity index (χ1n) is 39.5. The third kappa shape index (κ3) is 70.3. The third-order valence-corrected chi connectivity index (χ3v) is 19.6. The van der Waals surface area contributed by atoms with E-state index in [1.54, 1.807) is 0 Å². The lowest BCUT2D eigenvalue weighted by atomic mass is 10.0. The number of hydrogen-bond acceptors (Lipinski definition) is 15. The summed E-state index contributed by atoms with van der Waals surface area (Å²) in [6.45, 7) is 9.61. The SMILES string of the molecule is CCCCCCCCCCCCCCCCC(=O)O[C@H](COC(=O)CCCCCCCCCC)COP(=O)(O)OC[C@H](O)COP(=O)(O)OC[C@@H](COC(=O)CCCCCCCCCCCCCC(C)C)OC(=O)CCCCCCCCCCCCCCCCCCC(C)C. The van der Waals surface area contributed by atoms with Crippen molar-refractivity contribution in [2.75, 3.05) is 39.6 Å². The average molecular weight is 1400 g/mol. The Morgan fingerprint density at radius 1 is 0.284 bits per heavy atom. The molecule has 0 amide bonds. The van der Waals surface area contributed by atoms with Crippen LogP contribution in [-0.2, 0) is 65.4 Å². The molecule has 0 bridgehead atoms. The van der Waals surface area contributed by atoms with Gasteiger partial charge in [0.25, 0.3) is 0 Å². The number of aliphatic hydroxyl groups is 1. The summed E-state index contributed by atoms with van der Waals surface area (Å²) in [4.78, 5) is 72.7. The highest BCUT2D eigenvalue weighted by Gasteiger charge is 2.30. The Hall–Kier alpha value is -1.94. The Morgan fingerprint density at radius 2 is 0.484 bits per heavy atom. The molecule has 0 aliphatic heterocycles. The zero-order chi connectivity index (χ0) is 70.0. The molecule has 5 atom stereocenters. The van der Waals surface area contributed by atoms with Crippen molar-refractivity contribution in [2.24, 2.45) is 11.8 Å². The number of phosphoric ester groups is 2. The minimum Gasteiger partial charge on any atom is -0.462 e. The number of unbranched alkanes of at least 4 members (excludes halogenated alkanes) is 45. The van der Waals surface area contributed by atoms with E-state index in [4.69, 9.17) is 37.0 Å². The van der Waals surface area contributed by atoms with Crippen LogP contribution in [0.1, 0.15) is 395 Å². The summed E-state index contributed by atoms with van der Waals surface area (Å²) in [5.41, 5.74) is 0. The van der Waals surface area contributed by atoms with Gasteiger partial charge >= 0.3 is 39.5 Å². The van der Waals surface area contributed by atoms with Gasteiger partial charge < -0.3 is 33.8 Å². The van der Waals surface area contributed by atoms with Gasteiger partial charge in [0.05, 0.1) is 26.4 Å². The van der Waals surface area contributed by atoms with Crippen molar-refractivity contribution >= 4 is 39.5 Å². The Labute approximate surface area is 581 Å². The zero-order valence-electron chi connectivity index (χ0n) is 62.0. The van der Waals surface area contributed by atoms with Crippen molar-refractivity contribution in [3.63, 3.8) is 0 Å². The molecule has 95 heavy (non-hydrogen) atoms. The first kappa shape index (κ1) is 93.1. The molecule has 0 aliphatic carbocycles. The van der Waals surface area contributed by atoms with Crippen LogP contribution >= 0.6 is 15.6 Å². The van der Waals surface area contributed by atoms with E-state index in [1.807, 2.05) is 0 Å². The average Bonchev–Trinajstić information content (AvgIpc) is 1.44. The topological polar surface area (TPSA) is 237 Å². The van der Waals surface area contributed by atoms with Gasteiger partial charge in [-0.15, -0.1) is 0 Å². The number of carbonyl (C=O) groups is 4. The molecule has 0 saturated carbocycles. The van der Waals surface area contributed by atoms with Crippen LogP contribution in [0.5, 0.6) is 0 Å². The molecule has 0 fully saturated rings. The molecule has 564 valence electrons. The summed E-state index contributed by atoms with van der Waals surface area (Å²) in [6, 6.07) is 0. The van der Waals surface area contributed by atoms with E-state index in [2.05, 4.69) is 41.5 Å². The van der Waals surface area contributed by atoms with Gasteiger partial charge in [-0.1, -0.05) is 343 Å². The molecular weight excluding hydrogens is 1250 g/mol. The minimum absolute atomic E-state index is 0.108. The highest BCUT2D eigenvalue weighted by Crippen LogP contribution is 2.45. The fourth-order valence-electron chi connectivity index (χ4n) is 11.7. The Balaban J connectivity index is 5.21. The highest BCUT2D eigenvalue weighted by molar-refractivity contribution is 7.47. The smallest absolute Gasteiger partial charge is 0.462 e. The van der Waals surface area contributed by atoms with Crippen molar-refractivity contribution in [1.29, 1.82) is 0 Å². The predicted molar refractivity (Wildman–Crippen MR) is 386 cm³/mol. The van der Waals surface area contributed by atoms with Gasteiger partial charge in [-0.3, -0.25) is 37.3 Å². The molecule has 0 spiro atoms. The van der Waals surface area contributed by atoms with Crippen LogP contribution in [0.3, 0.4) is 0 Å². The quantitative estimate of drug-likeness (QED) is 0.0222. The number of phosphoric acid groups is 2. The second-order valence-electron chi connectivity index (χ2n) is 28.3. The molecule has 0 aliphatic rings. The Morgan fingerprint density at radius 3 is 0.716 bits per heavy atom. The van der Waals surface area contributed by atoms with Crippen molar-refractivity contribution in [2.45, 2.75) is 413 Å².